The highest BCUT2D eigenvalue weighted by atomic mass is 32.2. The molecule has 0 aromatic rings. The van der Waals surface area contributed by atoms with Crippen LogP contribution in [0.4, 0.5) is 0 Å². The van der Waals surface area contributed by atoms with Crippen LogP contribution in [0, 0.1) is 0 Å². The summed E-state index contributed by atoms with van der Waals surface area (Å²) < 4.78 is 0. The summed E-state index contributed by atoms with van der Waals surface area (Å²) in [6.07, 6.45) is 2.27. The molecule has 0 aliphatic carbocycles. The van der Waals surface area contributed by atoms with Crippen molar-refractivity contribution in [2.24, 2.45) is 5.73 Å². The lowest BCUT2D eigenvalue weighted by Gasteiger charge is -2.13. The molecule has 0 aliphatic heterocycles. The summed E-state index contributed by atoms with van der Waals surface area (Å²) in [7, 11) is 0. The van der Waals surface area contributed by atoms with E-state index in [1.807, 2.05) is 6.92 Å². The van der Waals surface area contributed by atoms with Gasteiger partial charge in [0.15, 0.2) is 0 Å². The van der Waals surface area contributed by atoms with E-state index < -0.39 is 17.9 Å². The second-order valence-corrected chi connectivity index (χ2v) is 4.97. The number of aliphatic carboxylic acids is 1. The van der Waals surface area contributed by atoms with Crippen LogP contribution in [-0.4, -0.2) is 40.4 Å². The Bertz CT molecular complexity index is 297. The van der Waals surface area contributed by atoms with E-state index in [1.54, 1.807) is 0 Å². The van der Waals surface area contributed by atoms with Crippen molar-refractivity contribution in [1.29, 1.82) is 0 Å². The third kappa shape index (κ3) is 8.86. The molecule has 4 N–H and O–H groups in total. The Morgan fingerprint density at radius 3 is 2.56 bits per heavy atom. The van der Waals surface area contributed by atoms with E-state index in [0.717, 1.165) is 12.8 Å². The highest BCUT2D eigenvalue weighted by Crippen LogP contribution is 2.04. The highest BCUT2D eigenvalue weighted by Gasteiger charge is 2.18. The number of amides is 2. The smallest absolute Gasteiger partial charge is 0.326 e. The number of rotatable bonds is 10. The number of hydrogen-bond acceptors (Lipinski definition) is 4. The number of carboxylic acid groups (broad SMARTS) is 1. The molecule has 7 heteroatoms. The molecule has 104 valence electrons. The van der Waals surface area contributed by atoms with E-state index in [0.29, 0.717) is 12.2 Å². The molecule has 18 heavy (non-hydrogen) atoms. The van der Waals surface area contributed by atoms with Crippen molar-refractivity contribution >= 4 is 29.5 Å². The second-order valence-electron chi connectivity index (χ2n) is 3.87. The predicted octanol–water partition coefficient (Wildman–Crippen LogP) is 0.355. The van der Waals surface area contributed by atoms with Gasteiger partial charge in [0.25, 0.3) is 0 Å². The van der Waals surface area contributed by atoms with Crippen molar-refractivity contribution in [3.8, 4) is 0 Å². The first-order valence-corrected chi connectivity index (χ1v) is 7.01. The topological polar surface area (TPSA) is 109 Å². The maximum atomic E-state index is 11.5. The molecule has 0 aromatic heterocycles. The first kappa shape index (κ1) is 16.8. The summed E-state index contributed by atoms with van der Waals surface area (Å²) in [6.45, 7) is 1.96. The van der Waals surface area contributed by atoms with Crippen LogP contribution >= 0.6 is 11.8 Å². The minimum atomic E-state index is -1.01. The molecule has 0 spiro atoms. The highest BCUT2D eigenvalue weighted by molar-refractivity contribution is 7.99. The molecule has 1 unspecified atom stereocenters. The Hall–Kier alpha value is -1.24. The van der Waals surface area contributed by atoms with Gasteiger partial charge >= 0.3 is 5.97 Å². The van der Waals surface area contributed by atoms with Crippen LogP contribution in [0.1, 0.15) is 32.6 Å². The Labute approximate surface area is 111 Å². The van der Waals surface area contributed by atoms with Crippen molar-refractivity contribution in [3.63, 3.8) is 0 Å². The van der Waals surface area contributed by atoms with Gasteiger partial charge in [0.2, 0.25) is 11.8 Å². The number of thioether (sulfide) groups is 1. The Balaban J connectivity index is 3.87. The van der Waals surface area contributed by atoms with Gasteiger partial charge in [-0.3, -0.25) is 9.59 Å². The minimum Gasteiger partial charge on any atom is -0.480 e. The lowest BCUT2D eigenvalue weighted by Crippen LogP contribution is -2.40. The van der Waals surface area contributed by atoms with Crippen LogP contribution < -0.4 is 11.1 Å². The zero-order valence-corrected chi connectivity index (χ0v) is 11.3. The van der Waals surface area contributed by atoms with Gasteiger partial charge in [-0.15, -0.1) is 0 Å². The fraction of sp³-hybridized carbons (Fsp3) is 0.727. The third-order valence-corrected chi connectivity index (χ3v) is 3.18. The van der Waals surface area contributed by atoms with Crippen molar-refractivity contribution in [2.75, 3.05) is 11.5 Å². The largest absolute Gasteiger partial charge is 0.480 e. The van der Waals surface area contributed by atoms with E-state index in [4.69, 9.17) is 10.8 Å². The molecule has 0 rings (SSSR count). The molecule has 0 aliphatic rings. The van der Waals surface area contributed by atoms with Crippen molar-refractivity contribution < 1.29 is 19.5 Å². The number of nitrogens with one attached hydrogen (secondary N) is 1. The van der Waals surface area contributed by atoms with E-state index in [9.17, 15) is 14.4 Å². The van der Waals surface area contributed by atoms with Gasteiger partial charge in [0, 0.05) is 12.2 Å². The first-order valence-electron chi connectivity index (χ1n) is 5.85. The fourth-order valence-corrected chi connectivity index (χ4v) is 1.95. The van der Waals surface area contributed by atoms with Gasteiger partial charge < -0.3 is 16.2 Å². The van der Waals surface area contributed by atoms with Crippen LogP contribution in [0.2, 0.25) is 0 Å². The lowest BCUT2D eigenvalue weighted by atomic mass is 10.1. The zero-order valence-electron chi connectivity index (χ0n) is 10.5. The predicted molar refractivity (Wildman–Crippen MR) is 70.2 cm³/mol. The third-order valence-electron chi connectivity index (χ3n) is 2.20. The van der Waals surface area contributed by atoms with E-state index >= 15 is 0 Å². The number of unbranched alkanes of at least 4 members (excludes halogenated alkanes) is 1. The van der Waals surface area contributed by atoms with Crippen LogP contribution in [0.5, 0.6) is 0 Å². The molecular weight excluding hydrogens is 256 g/mol. The van der Waals surface area contributed by atoms with E-state index in [2.05, 4.69) is 5.32 Å². The lowest BCUT2D eigenvalue weighted by molar-refractivity contribution is -0.142. The van der Waals surface area contributed by atoms with Gasteiger partial charge in [0.1, 0.15) is 6.04 Å². The van der Waals surface area contributed by atoms with Crippen molar-refractivity contribution in [3.05, 3.63) is 0 Å². The number of carboxylic acids is 1. The number of hydrogen-bond donors (Lipinski definition) is 3. The SMILES string of the molecule is CCCCC(NC(=O)CCSCC(N)=O)C(=O)O. The van der Waals surface area contributed by atoms with Gasteiger partial charge in [-0.25, -0.2) is 4.79 Å². The van der Waals surface area contributed by atoms with Gasteiger partial charge in [-0.1, -0.05) is 19.8 Å². The minimum absolute atomic E-state index is 0.172. The standard InChI is InChI=1S/C11H20N2O4S/c1-2-3-4-8(11(16)17)13-10(15)5-6-18-7-9(12)14/h8H,2-7H2,1H3,(H2,12,14)(H,13,15)(H,16,17). The average Bonchev–Trinajstić information content (AvgIpc) is 2.29. The molecule has 0 radical (unpaired) electrons. The number of primary amides is 1. The monoisotopic (exact) mass is 276 g/mol. The van der Waals surface area contributed by atoms with Crippen LogP contribution in [0.3, 0.4) is 0 Å². The fourth-order valence-electron chi connectivity index (χ4n) is 1.27. The molecule has 0 bridgehead atoms. The number of carbonyl (C=O) groups excluding carboxylic acids is 2. The maximum Gasteiger partial charge on any atom is 0.326 e. The summed E-state index contributed by atoms with van der Waals surface area (Å²) in [5.74, 6) is -1.12. The number of nitrogens with two attached hydrogens (primary N) is 1. The Morgan fingerprint density at radius 1 is 1.39 bits per heavy atom. The summed E-state index contributed by atoms with van der Waals surface area (Å²) in [6, 6.07) is -0.821. The zero-order chi connectivity index (χ0) is 14.0. The van der Waals surface area contributed by atoms with Gasteiger partial charge in [-0.2, -0.15) is 11.8 Å². The van der Waals surface area contributed by atoms with Crippen LogP contribution in [0.15, 0.2) is 0 Å². The summed E-state index contributed by atoms with van der Waals surface area (Å²) in [4.78, 5) is 32.8. The molecule has 2 amide bonds. The summed E-state index contributed by atoms with van der Waals surface area (Å²) in [5.41, 5.74) is 4.95. The van der Waals surface area contributed by atoms with Gasteiger partial charge in [0.05, 0.1) is 5.75 Å². The average molecular weight is 276 g/mol. The van der Waals surface area contributed by atoms with Crippen LogP contribution in [0.25, 0.3) is 0 Å². The summed E-state index contributed by atoms with van der Waals surface area (Å²) >= 11 is 1.26. The molecule has 0 heterocycles. The molecule has 0 saturated carbocycles. The second kappa shape index (κ2) is 9.76. The van der Waals surface area contributed by atoms with Crippen LogP contribution in [-0.2, 0) is 14.4 Å². The number of carbonyl (C=O) groups is 3. The molecular formula is C11H20N2O4S. The molecule has 6 nitrogen and oxygen atoms in total. The van der Waals surface area contributed by atoms with E-state index in [-0.39, 0.29) is 18.1 Å². The Kier molecular flexibility index (Phi) is 9.08. The molecule has 1 atom stereocenters. The quantitative estimate of drug-likeness (QED) is 0.499. The maximum absolute atomic E-state index is 11.5. The van der Waals surface area contributed by atoms with E-state index in [1.165, 1.54) is 11.8 Å². The molecule has 0 aromatic carbocycles. The normalized spacial score (nSPS) is 11.8. The Morgan fingerprint density at radius 2 is 2.06 bits per heavy atom. The van der Waals surface area contributed by atoms with Crippen molar-refractivity contribution in [2.45, 2.75) is 38.6 Å². The molecule has 0 saturated heterocycles. The van der Waals surface area contributed by atoms with Crippen molar-refractivity contribution in [1.82, 2.24) is 5.32 Å². The van der Waals surface area contributed by atoms with Gasteiger partial charge in [-0.05, 0) is 6.42 Å². The first-order chi connectivity index (χ1) is 8.47. The summed E-state index contributed by atoms with van der Waals surface area (Å²) in [5, 5.41) is 11.4. The molecule has 0 fully saturated rings.